The van der Waals surface area contributed by atoms with Gasteiger partial charge in [0.05, 0.1) is 6.04 Å². The van der Waals surface area contributed by atoms with Crippen LogP contribution in [0.2, 0.25) is 0 Å². The molecule has 6 nitrogen and oxygen atoms in total. The highest BCUT2D eigenvalue weighted by Gasteiger charge is 2.33. The first-order chi connectivity index (χ1) is 18.0. The van der Waals surface area contributed by atoms with Crippen molar-refractivity contribution in [1.82, 2.24) is 10.2 Å². The Balaban J connectivity index is 1.40. The van der Waals surface area contributed by atoms with Crippen LogP contribution < -0.4 is 10.1 Å². The molecule has 3 aromatic carbocycles. The number of ether oxygens (including phenoxy) is 1. The quantitative estimate of drug-likeness (QED) is 0.353. The Morgan fingerprint density at radius 1 is 0.973 bits per heavy atom. The Morgan fingerprint density at radius 3 is 2.43 bits per heavy atom. The van der Waals surface area contributed by atoms with Gasteiger partial charge in [-0.1, -0.05) is 54.6 Å². The Hall–Kier alpha value is -4.32. The van der Waals surface area contributed by atoms with Crippen molar-refractivity contribution in [2.24, 2.45) is 0 Å². The third-order valence-electron chi connectivity index (χ3n) is 6.43. The highest BCUT2D eigenvalue weighted by Crippen LogP contribution is 2.38. The maximum Gasteiger partial charge on any atom is 0.287 e. The van der Waals surface area contributed by atoms with Gasteiger partial charge in [0.2, 0.25) is 0 Å². The summed E-state index contributed by atoms with van der Waals surface area (Å²) >= 11 is 0. The van der Waals surface area contributed by atoms with Crippen LogP contribution >= 0.6 is 0 Å². The second-order valence-electron chi connectivity index (χ2n) is 9.47. The van der Waals surface area contributed by atoms with E-state index in [0.29, 0.717) is 23.6 Å². The minimum atomic E-state index is -0.246. The number of hydrogen-bond donors (Lipinski definition) is 1. The van der Waals surface area contributed by atoms with Crippen LogP contribution in [0.15, 0.2) is 95.4 Å². The molecule has 1 aromatic heterocycles. The summed E-state index contributed by atoms with van der Waals surface area (Å²) in [5, 5.41) is 2.82. The average Bonchev–Trinajstić information content (AvgIpc) is 3.41. The van der Waals surface area contributed by atoms with Gasteiger partial charge in [-0.05, 0) is 73.4 Å². The maximum atomic E-state index is 13.6. The predicted molar refractivity (Wildman–Crippen MR) is 142 cm³/mol. The first-order valence-electron chi connectivity index (χ1n) is 12.6. The zero-order valence-corrected chi connectivity index (χ0v) is 21.0. The van der Waals surface area contributed by atoms with E-state index in [0.717, 1.165) is 17.5 Å². The van der Waals surface area contributed by atoms with Gasteiger partial charge in [-0.2, -0.15) is 0 Å². The number of nitrogens with zero attached hydrogens (tertiary/aromatic N) is 1. The molecule has 0 spiro atoms. The van der Waals surface area contributed by atoms with E-state index in [2.05, 4.69) is 23.5 Å². The lowest BCUT2D eigenvalue weighted by Gasteiger charge is -2.38. The van der Waals surface area contributed by atoms with Gasteiger partial charge in [0.15, 0.2) is 5.76 Å². The molecule has 0 radical (unpaired) electrons. The van der Waals surface area contributed by atoms with Crippen molar-refractivity contribution >= 4 is 11.8 Å². The normalized spacial score (nSPS) is 14.8. The van der Waals surface area contributed by atoms with Crippen molar-refractivity contribution in [3.05, 3.63) is 125 Å². The topological polar surface area (TPSA) is 71.8 Å². The van der Waals surface area contributed by atoms with Crippen molar-refractivity contribution in [3.63, 3.8) is 0 Å². The fourth-order valence-electron chi connectivity index (χ4n) is 4.71. The molecule has 6 heteroatoms. The molecule has 0 fully saturated rings. The summed E-state index contributed by atoms with van der Waals surface area (Å²) in [6, 6.07) is 28.8. The third-order valence-corrected chi connectivity index (χ3v) is 6.43. The molecular formula is C31H30N2O4. The molecule has 1 aliphatic heterocycles. The Kier molecular flexibility index (Phi) is 7.08. The van der Waals surface area contributed by atoms with E-state index in [9.17, 15) is 9.59 Å². The molecule has 4 aromatic rings. The molecule has 0 saturated carbocycles. The van der Waals surface area contributed by atoms with Crippen LogP contribution in [0, 0.1) is 0 Å². The molecule has 0 saturated heterocycles. The summed E-state index contributed by atoms with van der Waals surface area (Å²) < 4.78 is 11.7. The molecule has 1 unspecified atom stereocenters. The lowest BCUT2D eigenvalue weighted by atomic mass is 9.87. The number of amides is 2. The van der Waals surface area contributed by atoms with E-state index in [1.54, 1.807) is 12.1 Å². The Morgan fingerprint density at radius 2 is 1.70 bits per heavy atom. The second kappa shape index (κ2) is 10.7. The van der Waals surface area contributed by atoms with E-state index >= 15 is 0 Å². The maximum absolute atomic E-state index is 13.6. The van der Waals surface area contributed by atoms with Gasteiger partial charge in [-0.25, -0.2) is 0 Å². The van der Waals surface area contributed by atoms with Crippen LogP contribution in [0.4, 0.5) is 0 Å². The number of benzene rings is 3. The molecule has 5 rings (SSSR count). The highest BCUT2D eigenvalue weighted by atomic mass is 16.5. The van der Waals surface area contributed by atoms with E-state index < -0.39 is 0 Å². The monoisotopic (exact) mass is 494 g/mol. The zero-order chi connectivity index (χ0) is 25.8. The van der Waals surface area contributed by atoms with Crippen molar-refractivity contribution in [3.8, 4) is 5.75 Å². The summed E-state index contributed by atoms with van der Waals surface area (Å²) in [6.45, 7) is 4.63. The van der Waals surface area contributed by atoms with E-state index in [1.165, 1.54) is 5.56 Å². The minimum Gasteiger partial charge on any atom is -0.486 e. The van der Waals surface area contributed by atoms with Crippen LogP contribution in [0.5, 0.6) is 5.75 Å². The molecule has 1 N–H and O–H groups in total. The third kappa shape index (κ3) is 5.43. The molecule has 2 heterocycles. The van der Waals surface area contributed by atoms with Gasteiger partial charge >= 0.3 is 0 Å². The van der Waals surface area contributed by atoms with Crippen LogP contribution in [-0.4, -0.2) is 29.3 Å². The molecule has 188 valence electrons. The van der Waals surface area contributed by atoms with E-state index in [1.807, 2.05) is 79.4 Å². The number of rotatable bonds is 7. The Bertz CT molecular complexity index is 1380. The lowest BCUT2D eigenvalue weighted by Crippen LogP contribution is -2.40. The largest absolute Gasteiger partial charge is 0.486 e. The van der Waals surface area contributed by atoms with Crippen LogP contribution in [-0.2, 0) is 13.0 Å². The Labute approximate surface area is 216 Å². The first kappa shape index (κ1) is 24.4. The highest BCUT2D eigenvalue weighted by molar-refractivity contribution is 5.95. The number of carbonyl (C=O) groups excluding carboxylic acids is 2. The first-order valence-corrected chi connectivity index (χ1v) is 12.6. The van der Waals surface area contributed by atoms with Gasteiger partial charge in [0, 0.05) is 18.2 Å². The van der Waals surface area contributed by atoms with Crippen LogP contribution in [0.3, 0.4) is 0 Å². The van der Waals surface area contributed by atoms with Gasteiger partial charge in [-0.3, -0.25) is 9.59 Å². The number of carbonyl (C=O) groups is 2. The molecule has 0 aliphatic carbocycles. The number of nitrogens with one attached hydrogen (secondary N) is 1. The fourth-order valence-corrected chi connectivity index (χ4v) is 4.71. The summed E-state index contributed by atoms with van der Waals surface area (Å²) in [6.07, 6.45) is 0.768. The predicted octanol–water partition coefficient (Wildman–Crippen LogP) is 5.78. The van der Waals surface area contributed by atoms with Gasteiger partial charge in [0.1, 0.15) is 18.1 Å². The molecule has 37 heavy (non-hydrogen) atoms. The number of fused-ring (bicyclic) bond motifs is 1. The standard InChI is InChI=1S/C31H30N2O4/c1-21(2)32-30(34)28-16-15-26(37-28)20-36-25-14-13-22-17-18-33(31(35)24-11-7-4-8-12-24)29(27(22)19-25)23-9-5-3-6-10-23/h3-16,19,21,29H,17-18,20H2,1-2H3,(H,32,34). The van der Waals surface area contributed by atoms with Crippen molar-refractivity contribution in [2.45, 2.75) is 39.0 Å². The molecule has 2 amide bonds. The van der Waals surface area contributed by atoms with E-state index in [4.69, 9.17) is 9.15 Å². The van der Waals surface area contributed by atoms with Crippen LogP contribution in [0.1, 0.15) is 63.3 Å². The number of furan rings is 1. The smallest absolute Gasteiger partial charge is 0.287 e. The molecule has 1 atom stereocenters. The fraction of sp³-hybridized carbons (Fsp3) is 0.226. The number of hydrogen-bond acceptors (Lipinski definition) is 4. The SMILES string of the molecule is CC(C)NC(=O)c1ccc(COc2ccc3c(c2)C(c2ccccc2)N(C(=O)c2ccccc2)CC3)o1. The van der Waals surface area contributed by atoms with Crippen molar-refractivity contribution in [1.29, 1.82) is 0 Å². The summed E-state index contributed by atoms with van der Waals surface area (Å²) in [7, 11) is 0. The lowest BCUT2D eigenvalue weighted by molar-refractivity contribution is 0.0694. The summed E-state index contributed by atoms with van der Waals surface area (Å²) in [5.41, 5.74) is 3.98. The summed E-state index contributed by atoms with van der Waals surface area (Å²) in [4.78, 5) is 27.7. The van der Waals surface area contributed by atoms with Gasteiger partial charge in [-0.15, -0.1) is 0 Å². The van der Waals surface area contributed by atoms with E-state index in [-0.39, 0.29) is 36.3 Å². The van der Waals surface area contributed by atoms with Gasteiger partial charge in [0.25, 0.3) is 11.8 Å². The minimum absolute atomic E-state index is 0.00853. The van der Waals surface area contributed by atoms with Crippen molar-refractivity contribution < 1.29 is 18.7 Å². The van der Waals surface area contributed by atoms with Gasteiger partial charge < -0.3 is 19.4 Å². The average molecular weight is 495 g/mol. The molecule has 1 aliphatic rings. The zero-order valence-electron chi connectivity index (χ0n) is 21.0. The van der Waals surface area contributed by atoms with Crippen LogP contribution in [0.25, 0.3) is 0 Å². The molecule has 0 bridgehead atoms. The summed E-state index contributed by atoms with van der Waals surface area (Å²) in [5.74, 6) is 1.26. The second-order valence-corrected chi connectivity index (χ2v) is 9.47. The molecular weight excluding hydrogens is 464 g/mol. The van der Waals surface area contributed by atoms with Crippen molar-refractivity contribution in [2.75, 3.05) is 6.54 Å².